The average Bonchev–Trinajstić information content (AvgIpc) is 2.66. The van der Waals surface area contributed by atoms with Gasteiger partial charge in [-0.1, -0.05) is 26.3 Å². The molecule has 0 radical (unpaired) electrons. The molecular formula is C23H41N3O3. The maximum Gasteiger partial charge on any atom is 0.161 e. The van der Waals surface area contributed by atoms with Crippen LogP contribution in [-0.2, 0) is 6.54 Å². The Bertz CT molecular complexity index is 601. The number of hydrogen-bond acceptors (Lipinski definition) is 6. The van der Waals surface area contributed by atoms with Crippen molar-refractivity contribution >= 4 is 0 Å². The number of rotatable bonds is 12. The van der Waals surface area contributed by atoms with Crippen molar-refractivity contribution in [2.45, 2.75) is 45.8 Å². The molecule has 0 bridgehead atoms. The van der Waals surface area contributed by atoms with Gasteiger partial charge in [-0.25, -0.2) is 0 Å². The highest BCUT2D eigenvalue weighted by Crippen LogP contribution is 2.28. The van der Waals surface area contributed by atoms with E-state index in [0.717, 1.165) is 38.3 Å². The average molecular weight is 408 g/mol. The van der Waals surface area contributed by atoms with Crippen LogP contribution in [0.2, 0.25) is 0 Å². The molecule has 0 saturated carbocycles. The summed E-state index contributed by atoms with van der Waals surface area (Å²) >= 11 is 0. The van der Waals surface area contributed by atoms with E-state index in [1.807, 2.05) is 12.1 Å². The highest BCUT2D eigenvalue weighted by atomic mass is 16.5. The number of aliphatic hydroxyl groups excluding tert-OH is 1. The molecule has 0 aromatic heterocycles. The molecule has 6 nitrogen and oxygen atoms in total. The van der Waals surface area contributed by atoms with Gasteiger partial charge in [-0.05, 0) is 63.1 Å². The van der Waals surface area contributed by atoms with E-state index in [4.69, 9.17) is 9.47 Å². The largest absolute Gasteiger partial charge is 0.493 e. The van der Waals surface area contributed by atoms with E-state index in [9.17, 15) is 5.11 Å². The molecule has 2 rings (SSSR count). The third-order valence-electron chi connectivity index (χ3n) is 5.25. The second-order valence-electron chi connectivity index (χ2n) is 9.32. The number of piperidine rings is 1. The molecule has 6 heteroatoms. The van der Waals surface area contributed by atoms with Crippen molar-refractivity contribution in [3.05, 3.63) is 23.8 Å². The van der Waals surface area contributed by atoms with Crippen LogP contribution in [0.5, 0.6) is 11.5 Å². The standard InChI is InChI=1S/C23H41N3O3/c1-23(2,18-25(3)4)17-24-14-19-9-10-21(28-5)22(13-19)29-16-20(27)15-26-11-7-6-8-12-26/h9-10,13,20,24,27H,6-8,11-12,14-18H2,1-5H3. The van der Waals surface area contributed by atoms with Gasteiger partial charge in [0.1, 0.15) is 12.7 Å². The Morgan fingerprint density at radius 2 is 1.90 bits per heavy atom. The van der Waals surface area contributed by atoms with Crippen LogP contribution in [0.1, 0.15) is 38.7 Å². The molecular weight excluding hydrogens is 366 g/mol. The number of hydrogen-bond donors (Lipinski definition) is 2. The summed E-state index contributed by atoms with van der Waals surface area (Å²) in [5.41, 5.74) is 1.35. The van der Waals surface area contributed by atoms with E-state index >= 15 is 0 Å². The third-order valence-corrected chi connectivity index (χ3v) is 5.25. The number of likely N-dealkylation sites (tertiary alicyclic amines) is 1. The zero-order chi connectivity index (χ0) is 21.3. The van der Waals surface area contributed by atoms with E-state index in [1.54, 1.807) is 7.11 Å². The molecule has 1 fully saturated rings. The smallest absolute Gasteiger partial charge is 0.161 e. The Hall–Kier alpha value is -1.34. The first-order valence-electron chi connectivity index (χ1n) is 10.8. The SMILES string of the molecule is COc1ccc(CNCC(C)(C)CN(C)C)cc1OCC(O)CN1CCCCC1. The summed E-state index contributed by atoms with van der Waals surface area (Å²) in [6, 6.07) is 6.01. The van der Waals surface area contributed by atoms with E-state index in [1.165, 1.54) is 19.3 Å². The Morgan fingerprint density at radius 3 is 2.55 bits per heavy atom. The molecule has 29 heavy (non-hydrogen) atoms. The molecule has 1 aliphatic heterocycles. The molecule has 1 aliphatic rings. The number of aliphatic hydroxyl groups is 1. The van der Waals surface area contributed by atoms with E-state index in [0.29, 0.717) is 18.0 Å². The van der Waals surface area contributed by atoms with Crippen LogP contribution in [0.25, 0.3) is 0 Å². The van der Waals surface area contributed by atoms with Crippen LogP contribution in [0, 0.1) is 5.41 Å². The summed E-state index contributed by atoms with van der Waals surface area (Å²) in [7, 11) is 5.86. The summed E-state index contributed by atoms with van der Waals surface area (Å²) in [5, 5.41) is 13.9. The lowest BCUT2D eigenvalue weighted by atomic mass is 9.93. The van der Waals surface area contributed by atoms with Crippen LogP contribution in [0.3, 0.4) is 0 Å². The molecule has 2 N–H and O–H groups in total. The first-order chi connectivity index (χ1) is 13.8. The fraction of sp³-hybridized carbons (Fsp3) is 0.739. The summed E-state index contributed by atoms with van der Waals surface area (Å²) < 4.78 is 11.4. The van der Waals surface area contributed by atoms with Gasteiger partial charge in [-0.15, -0.1) is 0 Å². The first kappa shape index (κ1) is 23.9. The third kappa shape index (κ3) is 8.91. The second kappa shape index (κ2) is 11.7. The van der Waals surface area contributed by atoms with Crippen molar-refractivity contribution in [2.75, 3.05) is 60.5 Å². The maximum absolute atomic E-state index is 10.4. The van der Waals surface area contributed by atoms with Crippen molar-refractivity contribution < 1.29 is 14.6 Å². The molecule has 1 atom stereocenters. The fourth-order valence-corrected chi connectivity index (χ4v) is 4.08. The van der Waals surface area contributed by atoms with Crippen LogP contribution in [0.4, 0.5) is 0 Å². The van der Waals surface area contributed by atoms with Gasteiger partial charge in [0.2, 0.25) is 0 Å². The van der Waals surface area contributed by atoms with Crippen molar-refractivity contribution in [3.8, 4) is 11.5 Å². The minimum absolute atomic E-state index is 0.202. The monoisotopic (exact) mass is 407 g/mol. The number of nitrogens with one attached hydrogen (secondary N) is 1. The summed E-state index contributed by atoms with van der Waals surface area (Å²) in [4.78, 5) is 4.54. The molecule has 0 aliphatic carbocycles. The zero-order valence-electron chi connectivity index (χ0n) is 19.0. The minimum atomic E-state index is -0.494. The molecule has 0 amide bonds. The van der Waals surface area contributed by atoms with Crippen LogP contribution >= 0.6 is 0 Å². The van der Waals surface area contributed by atoms with Gasteiger partial charge in [0.05, 0.1) is 7.11 Å². The lowest BCUT2D eigenvalue weighted by Crippen LogP contribution is -2.38. The van der Waals surface area contributed by atoms with Gasteiger partial charge < -0.3 is 29.7 Å². The van der Waals surface area contributed by atoms with Crippen molar-refractivity contribution in [3.63, 3.8) is 0 Å². The molecule has 0 spiro atoms. The second-order valence-corrected chi connectivity index (χ2v) is 9.32. The lowest BCUT2D eigenvalue weighted by Gasteiger charge is -2.29. The lowest BCUT2D eigenvalue weighted by molar-refractivity contribution is 0.0608. The normalized spacial score (nSPS) is 16.8. The highest BCUT2D eigenvalue weighted by molar-refractivity contribution is 5.43. The fourth-order valence-electron chi connectivity index (χ4n) is 4.08. The number of β-amino-alcohol motifs (C(OH)–C–C–N with tert-alkyl or cyclic N) is 1. The summed E-state index contributed by atoms with van der Waals surface area (Å²) in [5.74, 6) is 1.39. The Morgan fingerprint density at radius 1 is 1.17 bits per heavy atom. The summed E-state index contributed by atoms with van der Waals surface area (Å²) in [6.45, 7) is 10.4. The van der Waals surface area contributed by atoms with Gasteiger partial charge >= 0.3 is 0 Å². The first-order valence-corrected chi connectivity index (χ1v) is 10.8. The Kier molecular flexibility index (Phi) is 9.69. The number of methoxy groups -OCH3 is 1. The molecule has 1 aromatic rings. The maximum atomic E-state index is 10.4. The van der Waals surface area contributed by atoms with Gasteiger partial charge in [0, 0.05) is 26.2 Å². The van der Waals surface area contributed by atoms with Crippen molar-refractivity contribution in [1.29, 1.82) is 0 Å². The van der Waals surface area contributed by atoms with Crippen molar-refractivity contribution in [2.24, 2.45) is 5.41 Å². The molecule has 1 unspecified atom stereocenters. The number of benzene rings is 1. The van der Waals surface area contributed by atoms with Gasteiger partial charge in [-0.2, -0.15) is 0 Å². The molecule has 1 heterocycles. The summed E-state index contributed by atoms with van der Waals surface area (Å²) in [6.07, 6.45) is 3.25. The van der Waals surface area contributed by atoms with E-state index in [-0.39, 0.29) is 12.0 Å². The molecule has 1 aromatic carbocycles. The van der Waals surface area contributed by atoms with Crippen molar-refractivity contribution in [1.82, 2.24) is 15.1 Å². The van der Waals surface area contributed by atoms with Crippen LogP contribution in [-0.4, -0.2) is 81.5 Å². The Labute approximate surface area is 177 Å². The zero-order valence-corrected chi connectivity index (χ0v) is 19.0. The van der Waals surface area contributed by atoms with Crippen LogP contribution in [0.15, 0.2) is 18.2 Å². The predicted molar refractivity (Wildman–Crippen MR) is 119 cm³/mol. The number of ether oxygens (including phenoxy) is 2. The van der Waals surface area contributed by atoms with Crippen LogP contribution < -0.4 is 14.8 Å². The quantitative estimate of drug-likeness (QED) is 0.555. The number of nitrogens with zero attached hydrogens (tertiary/aromatic N) is 2. The van der Waals surface area contributed by atoms with Gasteiger partial charge in [0.25, 0.3) is 0 Å². The minimum Gasteiger partial charge on any atom is -0.493 e. The Balaban J connectivity index is 1.85. The predicted octanol–water partition coefficient (Wildman–Crippen LogP) is 2.60. The molecule has 1 saturated heterocycles. The van der Waals surface area contributed by atoms with Gasteiger partial charge in [-0.3, -0.25) is 0 Å². The highest BCUT2D eigenvalue weighted by Gasteiger charge is 2.19. The van der Waals surface area contributed by atoms with E-state index in [2.05, 4.69) is 49.1 Å². The van der Waals surface area contributed by atoms with E-state index < -0.39 is 6.10 Å². The van der Waals surface area contributed by atoms with Gasteiger partial charge in [0.15, 0.2) is 11.5 Å². The topological polar surface area (TPSA) is 57.2 Å². The molecule has 166 valence electrons.